The molecule has 4 nitrogen and oxygen atoms in total. The van der Waals surface area contributed by atoms with Crippen LogP contribution >= 0.6 is 0 Å². The number of carbonyl (C=O) groups is 2. The Morgan fingerprint density at radius 1 is 1.39 bits per heavy atom. The van der Waals surface area contributed by atoms with E-state index < -0.39 is 11.9 Å². The lowest BCUT2D eigenvalue weighted by molar-refractivity contribution is -0.141. The van der Waals surface area contributed by atoms with Gasteiger partial charge in [0.1, 0.15) is 0 Å². The summed E-state index contributed by atoms with van der Waals surface area (Å²) in [7, 11) is 0. The molecule has 4 heteroatoms. The number of aromatic amines is 1. The molecule has 1 unspecified atom stereocenters. The molecule has 1 aromatic carbocycles. The van der Waals surface area contributed by atoms with E-state index in [0.29, 0.717) is 12.0 Å². The number of carboxylic acid groups (broad SMARTS) is 1. The first-order valence-corrected chi connectivity index (χ1v) is 5.94. The highest BCUT2D eigenvalue weighted by Crippen LogP contribution is 2.32. The Morgan fingerprint density at radius 2 is 2.17 bits per heavy atom. The number of Topliss-reactive ketones (excluding diaryl/α,β-unsaturated/α-hetero) is 1. The monoisotopic (exact) mass is 243 g/mol. The molecule has 0 fully saturated rings. The summed E-state index contributed by atoms with van der Waals surface area (Å²) in [5.74, 6) is -1.57. The van der Waals surface area contributed by atoms with Crippen molar-refractivity contribution >= 4 is 22.7 Å². The van der Waals surface area contributed by atoms with E-state index in [1.54, 1.807) is 0 Å². The number of aryl methyl sites for hydroxylation is 1. The van der Waals surface area contributed by atoms with Crippen LogP contribution in [0.4, 0.5) is 0 Å². The Bertz CT molecular complexity index is 669. The number of hydrogen-bond donors (Lipinski definition) is 2. The lowest BCUT2D eigenvalue weighted by Gasteiger charge is -2.17. The highest BCUT2D eigenvalue weighted by atomic mass is 16.4. The third-order valence-corrected chi connectivity index (χ3v) is 3.63. The molecule has 0 saturated heterocycles. The van der Waals surface area contributed by atoms with E-state index in [0.717, 1.165) is 22.2 Å². The van der Waals surface area contributed by atoms with Gasteiger partial charge in [-0.3, -0.25) is 9.59 Å². The predicted molar refractivity (Wildman–Crippen MR) is 66.8 cm³/mol. The van der Waals surface area contributed by atoms with Crippen LogP contribution in [0.3, 0.4) is 0 Å². The third kappa shape index (κ3) is 1.45. The number of carboxylic acids is 1. The first-order valence-electron chi connectivity index (χ1n) is 5.94. The highest BCUT2D eigenvalue weighted by molar-refractivity contribution is 6.11. The number of para-hydroxylation sites is 1. The van der Waals surface area contributed by atoms with Gasteiger partial charge in [-0.2, -0.15) is 0 Å². The number of ketones is 1. The van der Waals surface area contributed by atoms with Crippen molar-refractivity contribution in [1.82, 2.24) is 4.98 Å². The highest BCUT2D eigenvalue weighted by Gasteiger charge is 2.32. The van der Waals surface area contributed by atoms with E-state index in [1.165, 1.54) is 0 Å². The van der Waals surface area contributed by atoms with E-state index in [2.05, 4.69) is 4.98 Å². The largest absolute Gasteiger partial charge is 0.481 e. The summed E-state index contributed by atoms with van der Waals surface area (Å²) in [6, 6.07) is 5.81. The number of aliphatic carboxylic acids is 1. The Labute approximate surface area is 104 Å². The SMILES string of the molecule is Cc1cccc2c3c([nH]c12)CC(C(=O)O)CC3=O. The molecule has 1 aliphatic carbocycles. The summed E-state index contributed by atoms with van der Waals surface area (Å²) >= 11 is 0. The summed E-state index contributed by atoms with van der Waals surface area (Å²) in [5, 5.41) is 9.96. The van der Waals surface area contributed by atoms with Crippen LogP contribution < -0.4 is 0 Å². The van der Waals surface area contributed by atoms with Gasteiger partial charge in [0.15, 0.2) is 5.78 Å². The van der Waals surface area contributed by atoms with Crippen molar-refractivity contribution < 1.29 is 14.7 Å². The van der Waals surface area contributed by atoms with Gasteiger partial charge < -0.3 is 10.1 Å². The van der Waals surface area contributed by atoms with Crippen LogP contribution in [0, 0.1) is 12.8 Å². The standard InChI is InChI=1S/C14H13NO3/c1-7-3-2-4-9-12-10(15-13(7)9)5-8(14(17)18)6-11(12)16/h2-4,8,15H,5-6H2,1H3,(H,17,18). The fourth-order valence-corrected chi connectivity index (χ4v) is 2.71. The van der Waals surface area contributed by atoms with Crippen LogP contribution in [-0.2, 0) is 11.2 Å². The number of rotatable bonds is 1. The topological polar surface area (TPSA) is 70.2 Å². The Hall–Kier alpha value is -2.10. The number of fused-ring (bicyclic) bond motifs is 3. The van der Waals surface area contributed by atoms with Crippen molar-refractivity contribution in [3.8, 4) is 0 Å². The van der Waals surface area contributed by atoms with Crippen LogP contribution in [0.1, 0.15) is 28.0 Å². The van der Waals surface area contributed by atoms with Gasteiger partial charge in [-0.15, -0.1) is 0 Å². The lowest BCUT2D eigenvalue weighted by Crippen LogP contribution is -2.25. The molecule has 0 bridgehead atoms. The normalized spacial score (nSPS) is 18.9. The Balaban J connectivity index is 2.22. The van der Waals surface area contributed by atoms with E-state index in [4.69, 9.17) is 5.11 Å². The Morgan fingerprint density at radius 3 is 2.89 bits per heavy atom. The van der Waals surface area contributed by atoms with Gasteiger partial charge >= 0.3 is 5.97 Å². The molecule has 1 heterocycles. The molecule has 1 atom stereocenters. The third-order valence-electron chi connectivity index (χ3n) is 3.63. The van der Waals surface area contributed by atoms with Crippen molar-refractivity contribution in [2.45, 2.75) is 19.8 Å². The quantitative estimate of drug-likeness (QED) is 0.807. The minimum Gasteiger partial charge on any atom is -0.481 e. The molecule has 3 rings (SSSR count). The van der Waals surface area contributed by atoms with Crippen molar-refractivity contribution in [2.24, 2.45) is 5.92 Å². The summed E-state index contributed by atoms with van der Waals surface area (Å²) in [5.41, 5.74) is 3.47. The first kappa shape index (κ1) is 11.0. The van der Waals surface area contributed by atoms with Gasteiger partial charge in [0.25, 0.3) is 0 Å². The minimum atomic E-state index is -0.899. The Kier molecular flexibility index (Phi) is 2.26. The van der Waals surface area contributed by atoms with E-state index >= 15 is 0 Å². The number of carbonyl (C=O) groups excluding carboxylic acids is 1. The summed E-state index contributed by atoms with van der Waals surface area (Å²) < 4.78 is 0. The molecule has 18 heavy (non-hydrogen) atoms. The minimum absolute atomic E-state index is 0.0690. The van der Waals surface area contributed by atoms with E-state index in [1.807, 2.05) is 25.1 Å². The van der Waals surface area contributed by atoms with Gasteiger partial charge in [-0.1, -0.05) is 18.2 Å². The number of benzene rings is 1. The fourth-order valence-electron chi connectivity index (χ4n) is 2.71. The number of H-pyrrole nitrogens is 1. The van der Waals surface area contributed by atoms with Crippen LogP contribution in [-0.4, -0.2) is 21.8 Å². The second kappa shape index (κ2) is 3.70. The van der Waals surface area contributed by atoms with Crippen LogP contribution in [0.2, 0.25) is 0 Å². The molecule has 0 spiro atoms. The van der Waals surface area contributed by atoms with Crippen molar-refractivity contribution in [2.75, 3.05) is 0 Å². The zero-order valence-electron chi connectivity index (χ0n) is 9.99. The lowest BCUT2D eigenvalue weighted by atomic mass is 9.86. The summed E-state index contributed by atoms with van der Waals surface area (Å²) in [6.07, 6.45) is 0.508. The number of aromatic nitrogens is 1. The molecule has 0 aliphatic heterocycles. The maximum absolute atomic E-state index is 12.1. The second-order valence-corrected chi connectivity index (χ2v) is 4.84. The second-order valence-electron chi connectivity index (χ2n) is 4.84. The van der Waals surface area contributed by atoms with Crippen LogP contribution in [0.25, 0.3) is 10.9 Å². The van der Waals surface area contributed by atoms with Gasteiger partial charge in [0.05, 0.1) is 5.92 Å². The van der Waals surface area contributed by atoms with E-state index in [9.17, 15) is 9.59 Å². The average Bonchev–Trinajstić information content (AvgIpc) is 2.69. The average molecular weight is 243 g/mol. The van der Waals surface area contributed by atoms with Gasteiger partial charge in [0, 0.05) is 35.0 Å². The smallest absolute Gasteiger partial charge is 0.307 e. The molecule has 0 amide bonds. The number of hydrogen-bond acceptors (Lipinski definition) is 2. The van der Waals surface area contributed by atoms with Crippen LogP contribution in [0.15, 0.2) is 18.2 Å². The molecular formula is C14H13NO3. The fraction of sp³-hybridized carbons (Fsp3) is 0.286. The maximum atomic E-state index is 12.1. The van der Waals surface area contributed by atoms with E-state index in [-0.39, 0.29) is 12.2 Å². The number of nitrogens with one attached hydrogen (secondary N) is 1. The predicted octanol–water partition coefficient (Wildman–Crippen LogP) is 2.31. The van der Waals surface area contributed by atoms with Crippen molar-refractivity contribution in [3.63, 3.8) is 0 Å². The molecule has 92 valence electrons. The molecule has 0 saturated carbocycles. The van der Waals surface area contributed by atoms with Crippen molar-refractivity contribution in [1.29, 1.82) is 0 Å². The molecular weight excluding hydrogens is 230 g/mol. The van der Waals surface area contributed by atoms with Crippen LogP contribution in [0.5, 0.6) is 0 Å². The molecule has 1 aliphatic rings. The molecule has 0 radical (unpaired) electrons. The van der Waals surface area contributed by atoms with Gasteiger partial charge in [0.2, 0.25) is 0 Å². The van der Waals surface area contributed by atoms with Gasteiger partial charge in [-0.25, -0.2) is 0 Å². The van der Waals surface area contributed by atoms with Gasteiger partial charge in [-0.05, 0) is 12.5 Å². The first-order chi connectivity index (χ1) is 8.58. The summed E-state index contributed by atoms with van der Waals surface area (Å²) in [4.78, 5) is 26.3. The molecule has 2 N–H and O–H groups in total. The summed E-state index contributed by atoms with van der Waals surface area (Å²) in [6.45, 7) is 1.98. The molecule has 2 aromatic rings. The maximum Gasteiger partial charge on any atom is 0.307 e. The zero-order chi connectivity index (χ0) is 12.9. The van der Waals surface area contributed by atoms with Crippen molar-refractivity contribution in [3.05, 3.63) is 35.0 Å². The zero-order valence-corrected chi connectivity index (χ0v) is 9.99. The molecule has 1 aromatic heterocycles.